The van der Waals surface area contributed by atoms with Crippen molar-refractivity contribution < 1.29 is 24.0 Å². The van der Waals surface area contributed by atoms with Crippen LogP contribution in [-0.4, -0.2) is 49.7 Å². The lowest BCUT2D eigenvalue weighted by molar-refractivity contribution is -0.384. The summed E-state index contributed by atoms with van der Waals surface area (Å²) in [4.78, 5) is 34.5. The van der Waals surface area contributed by atoms with Crippen molar-refractivity contribution in [1.29, 1.82) is 0 Å². The van der Waals surface area contributed by atoms with Crippen LogP contribution >= 0.6 is 0 Å². The molecule has 0 spiro atoms. The van der Waals surface area contributed by atoms with Gasteiger partial charge in [0.15, 0.2) is 6.10 Å². The van der Waals surface area contributed by atoms with E-state index in [4.69, 9.17) is 9.47 Å². The summed E-state index contributed by atoms with van der Waals surface area (Å²) < 4.78 is 10.1. The van der Waals surface area contributed by atoms with Gasteiger partial charge in [0.1, 0.15) is 0 Å². The summed E-state index contributed by atoms with van der Waals surface area (Å²) in [5.41, 5.74) is 0.113. The van der Waals surface area contributed by atoms with Crippen LogP contribution in [0, 0.1) is 10.1 Å². The van der Waals surface area contributed by atoms with Crippen LogP contribution in [0.25, 0.3) is 0 Å². The molecule has 1 amide bonds. The van der Waals surface area contributed by atoms with Crippen molar-refractivity contribution in [2.75, 3.05) is 32.1 Å². The molecular weight excluding hydrogens is 330 g/mol. The Morgan fingerprint density at radius 3 is 2.64 bits per heavy atom. The molecular formula is C16H23N3O6. The topological polar surface area (TPSA) is 120 Å². The zero-order valence-corrected chi connectivity index (χ0v) is 14.5. The van der Waals surface area contributed by atoms with Crippen molar-refractivity contribution in [1.82, 2.24) is 5.32 Å². The lowest BCUT2D eigenvalue weighted by atomic mass is 10.1. The zero-order chi connectivity index (χ0) is 18.8. The third-order valence-corrected chi connectivity index (χ3v) is 3.26. The Morgan fingerprint density at radius 1 is 1.32 bits per heavy atom. The van der Waals surface area contributed by atoms with Gasteiger partial charge < -0.3 is 20.1 Å². The number of ether oxygens (including phenoxy) is 2. The van der Waals surface area contributed by atoms with Gasteiger partial charge in [-0.3, -0.25) is 14.9 Å². The smallest absolute Gasteiger partial charge is 0.341 e. The first kappa shape index (κ1) is 20.4. The Kier molecular flexibility index (Phi) is 8.34. The maximum absolute atomic E-state index is 12.4. The normalized spacial score (nSPS) is 11.5. The van der Waals surface area contributed by atoms with Crippen molar-refractivity contribution in [3.63, 3.8) is 0 Å². The number of hydrogen-bond acceptors (Lipinski definition) is 7. The third kappa shape index (κ3) is 6.38. The number of esters is 1. The van der Waals surface area contributed by atoms with Crippen molar-refractivity contribution in [3.8, 4) is 0 Å². The first-order valence-corrected chi connectivity index (χ1v) is 7.90. The Bertz CT molecular complexity index is 620. The fraction of sp³-hybridized carbons (Fsp3) is 0.500. The number of nitrogens with one attached hydrogen (secondary N) is 2. The van der Waals surface area contributed by atoms with Crippen LogP contribution in [0.5, 0.6) is 0 Å². The van der Waals surface area contributed by atoms with Gasteiger partial charge in [-0.2, -0.15) is 0 Å². The molecule has 0 saturated heterocycles. The largest absolute Gasteiger partial charge is 0.449 e. The molecule has 0 saturated carbocycles. The zero-order valence-electron chi connectivity index (χ0n) is 14.5. The molecule has 0 fully saturated rings. The SMILES string of the molecule is CCCNC(=O)[C@@H](C)OC(=O)c1cc([N+](=O)[O-])ccc1NCCOC. The lowest BCUT2D eigenvalue weighted by Crippen LogP contribution is -2.36. The van der Waals surface area contributed by atoms with Gasteiger partial charge in [-0.15, -0.1) is 0 Å². The van der Waals surface area contributed by atoms with Crippen LogP contribution < -0.4 is 10.6 Å². The Morgan fingerprint density at radius 2 is 2.04 bits per heavy atom. The van der Waals surface area contributed by atoms with Gasteiger partial charge in [0, 0.05) is 38.0 Å². The van der Waals surface area contributed by atoms with E-state index in [1.54, 1.807) is 0 Å². The summed E-state index contributed by atoms with van der Waals surface area (Å²) in [7, 11) is 1.53. The van der Waals surface area contributed by atoms with Crippen LogP contribution in [0.15, 0.2) is 18.2 Å². The summed E-state index contributed by atoms with van der Waals surface area (Å²) in [5, 5.41) is 16.5. The first-order chi connectivity index (χ1) is 11.9. The number of hydrogen-bond donors (Lipinski definition) is 2. The summed E-state index contributed by atoms with van der Waals surface area (Å²) in [6, 6.07) is 3.82. The first-order valence-electron chi connectivity index (χ1n) is 7.90. The predicted molar refractivity (Wildman–Crippen MR) is 91.6 cm³/mol. The second-order valence-electron chi connectivity index (χ2n) is 5.25. The molecule has 25 heavy (non-hydrogen) atoms. The maximum Gasteiger partial charge on any atom is 0.341 e. The number of methoxy groups -OCH3 is 1. The van der Waals surface area contributed by atoms with Crippen LogP contribution in [-0.2, 0) is 14.3 Å². The number of carbonyl (C=O) groups excluding carboxylic acids is 2. The molecule has 1 aromatic carbocycles. The van der Waals surface area contributed by atoms with E-state index in [0.29, 0.717) is 25.4 Å². The molecule has 0 heterocycles. The molecule has 1 atom stereocenters. The van der Waals surface area contributed by atoms with Gasteiger partial charge in [0.25, 0.3) is 11.6 Å². The number of nitro groups is 1. The van der Waals surface area contributed by atoms with Gasteiger partial charge in [-0.1, -0.05) is 6.92 Å². The fourth-order valence-corrected chi connectivity index (χ4v) is 1.93. The maximum atomic E-state index is 12.4. The van der Waals surface area contributed by atoms with Gasteiger partial charge >= 0.3 is 5.97 Å². The third-order valence-electron chi connectivity index (χ3n) is 3.26. The average molecular weight is 353 g/mol. The second kappa shape index (κ2) is 10.2. The number of nitro benzene ring substituents is 1. The molecule has 0 bridgehead atoms. The highest BCUT2D eigenvalue weighted by Gasteiger charge is 2.22. The summed E-state index contributed by atoms with van der Waals surface area (Å²) in [6.07, 6.45) is -0.254. The molecule has 1 rings (SSSR count). The molecule has 2 N–H and O–H groups in total. The number of rotatable bonds is 10. The van der Waals surface area contributed by atoms with E-state index in [0.717, 1.165) is 12.5 Å². The average Bonchev–Trinajstić information content (AvgIpc) is 2.59. The van der Waals surface area contributed by atoms with Crippen LogP contribution in [0.2, 0.25) is 0 Å². The Balaban J connectivity index is 2.93. The molecule has 0 aromatic heterocycles. The number of carbonyl (C=O) groups is 2. The Labute approximate surface area is 145 Å². The minimum Gasteiger partial charge on any atom is -0.449 e. The van der Waals surface area contributed by atoms with E-state index in [2.05, 4.69) is 10.6 Å². The van der Waals surface area contributed by atoms with Crippen LogP contribution in [0.4, 0.5) is 11.4 Å². The number of nitrogens with zero attached hydrogens (tertiary/aromatic N) is 1. The number of benzene rings is 1. The standard InChI is InChI=1S/C16H23N3O6/c1-4-7-18-15(20)11(2)25-16(21)13-10-12(19(22)23)5-6-14(13)17-8-9-24-3/h5-6,10-11,17H,4,7-9H2,1-3H3,(H,18,20)/t11-/m1/s1. The van der Waals surface area contributed by atoms with Crippen molar-refractivity contribution in [2.24, 2.45) is 0 Å². The molecule has 1 aromatic rings. The molecule has 0 radical (unpaired) electrons. The highest BCUT2D eigenvalue weighted by molar-refractivity contribution is 5.98. The fourth-order valence-electron chi connectivity index (χ4n) is 1.93. The van der Waals surface area contributed by atoms with Gasteiger partial charge in [0.2, 0.25) is 0 Å². The molecule has 9 heteroatoms. The van der Waals surface area contributed by atoms with E-state index >= 15 is 0 Å². The van der Waals surface area contributed by atoms with E-state index in [-0.39, 0.29) is 11.3 Å². The summed E-state index contributed by atoms with van der Waals surface area (Å²) >= 11 is 0. The van der Waals surface area contributed by atoms with Crippen molar-refractivity contribution >= 4 is 23.3 Å². The summed E-state index contributed by atoms with van der Waals surface area (Å²) in [5.74, 6) is -1.24. The van der Waals surface area contributed by atoms with Crippen LogP contribution in [0.3, 0.4) is 0 Å². The molecule has 0 aliphatic heterocycles. The Hall–Kier alpha value is -2.68. The highest BCUT2D eigenvalue weighted by atomic mass is 16.6. The van der Waals surface area contributed by atoms with E-state index in [1.807, 2.05) is 6.92 Å². The quantitative estimate of drug-likeness (QED) is 0.284. The lowest BCUT2D eigenvalue weighted by Gasteiger charge is -2.15. The molecule has 0 aliphatic rings. The van der Waals surface area contributed by atoms with E-state index < -0.39 is 22.9 Å². The number of anilines is 1. The van der Waals surface area contributed by atoms with E-state index in [1.165, 1.54) is 26.2 Å². The highest BCUT2D eigenvalue weighted by Crippen LogP contribution is 2.23. The minimum atomic E-state index is -1.01. The van der Waals surface area contributed by atoms with E-state index in [9.17, 15) is 19.7 Å². The van der Waals surface area contributed by atoms with Gasteiger partial charge in [-0.25, -0.2) is 4.79 Å². The molecule has 0 unspecified atom stereocenters. The van der Waals surface area contributed by atoms with Crippen LogP contribution in [0.1, 0.15) is 30.6 Å². The second-order valence-corrected chi connectivity index (χ2v) is 5.25. The number of amides is 1. The molecule has 138 valence electrons. The van der Waals surface area contributed by atoms with Gasteiger partial charge in [-0.05, 0) is 19.4 Å². The predicted octanol–water partition coefficient (Wildman–Crippen LogP) is 1.72. The van der Waals surface area contributed by atoms with Crippen molar-refractivity contribution in [3.05, 3.63) is 33.9 Å². The van der Waals surface area contributed by atoms with Gasteiger partial charge in [0.05, 0.1) is 17.1 Å². The molecule has 0 aliphatic carbocycles. The summed E-state index contributed by atoms with van der Waals surface area (Å²) in [6.45, 7) is 4.61. The minimum absolute atomic E-state index is 0.0135. The monoisotopic (exact) mass is 353 g/mol. The number of non-ortho nitro benzene ring substituents is 1. The van der Waals surface area contributed by atoms with Crippen molar-refractivity contribution in [2.45, 2.75) is 26.4 Å². The molecule has 9 nitrogen and oxygen atoms in total.